The van der Waals surface area contributed by atoms with Crippen molar-refractivity contribution < 1.29 is 9.59 Å². The van der Waals surface area contributed by atoms with Crippen LogP contribution in [0.2, 0.25) is 0 Å². The van der Waals surface area contributed by atoms with E-state index in [0.717, 1.165) is 22.3 Å². The Morgan fingerprint density at radius 1 is 1.15 bits per heavy atom. The molecule has 1 fully saturated rings. The Hall–Kier alpha value is -2.18. The van der Waals surface area contributed by atoms with Crippen molar-refractivity contribution in [3.8, 4) is 0 Å². The highest BCUT2D eigenvalue weighted by atomic mass is 79.9. The third-order valence-electron chi connectivity index (χ3n) is 4.70. The van der Waals surface area contributed by atoms with Crippen LogP contribution in [0.4, 0.5) is 5.69 Å². The molecule has 6 heteroatoms. The molecule has 0 unspecified atom stereocenters. The summed E-state index contributed by atoms with van der Waals surface area (Å²) in [6, 6.07) is 15.7. The van der Waals surface area contributed by atoms with Crippen molar-refractivity contribution >= 4 is 33.4 Å². The maximum atomic E-state index is 12.6. The van der Waals surface area contributed by atoms with Gasteiger partial charge in [0.2, 0.25) is 11.8 Å². The zero-order valence-electron chi connectivity index (χ0n) is 15.6. The first-order chi connectivity index (χ1) is 13.0. The second kappa shape index (κ2) is 8.67. The fourth-order valence-electron chi connectivity index (χ4n) is 3.34. The second-order valence-corrected chi connectivity index (χ2v) is 7.94. The first-order valence-corrected chi connectivity index (χ1v) is 9.79. The third-order valence-corrected chi connectivity index (χ3v) is 5.37. The lowest BCUT2D eigenvalue weighted by Gasteiger charge is -2.18. The van der Waals surface area contributed by atoms with Crippen LogP contribution in [0.25, 0.3) is 0 Å². The first-order valence-electron chi connectivity index (χ1n) is 9.00. The topological polar surface area (TPSA) is 52.7 Å². The van der Waals surface area contributed by atoms with E-state index in [1.807, 2.05) is 56.6 Å². The maximum absolute atomic E-state index is 12.6. The summed E-state index contributed by atoms with van der Waals surface area (Å²) in [5.74, 6) is -0.418. The van der Waals surface area contributed by atoms with Gasteiger partial charge < -0.3 is 15.1 Å². The van der Waals surface area contributed by atoms with Crippen molar-refractivity contribution in [2.24, 2.45) is 5.92 Å². The number of nitrogens with zero attached hydrogens (tertiary/aromatic N) is 2. The molecule has 0 radical (unpaired) electrons. The molecule has 5 nitrogen and oxygen atoms in total. The van der Waals surface area contributed by atoms with Crippen LogP contribution in [-0.2, 0) is 22.7 Å². The Labute approximate surface area is 168 Å². The van der Waals surface area contributed by atoms with Gasteiger partial charge in [0.1, 0.15) is 0 Å². The minimum Gasteiger partial charge on any atom is -0.352 e. The number of hydrogen-bond donors (Lipinski definition) is 1. The molecule has 0 aliphatic carbocycles. The summed E-state index contributed by atoms with van der Waals surface area (Å²) < 4.78 is 0.858. The van der Waals surface area contributed by atoms with E-state index in [2.05, 4.69) is 32.2 Å². The average molecular weight is 430 g/mol. The lowest BCUT2D eigenvalue weighted by Crippen LogP contribution is -2.33. The van der Waals surface area contributed by atoms with Crippen molar-refractivity contribution in [2.75, 3.05) is 25.5 Å². The fourth-order valence-corrected chi connectivity index (χ4v) is 3.84. The van der Waals surface area contributed by atoms with E-state index >= 15 is 0 Å². The van der Waals surface area contributed by atoms with E-state index in [1.54, 1.807) is 4.90 Å². The molecule has 1 aliphatic rings. The molecule has 0 bridgehead atoms. The summed E-state index contributed by atoms with van der Waals surface area (Å²) in [6.45, 7) is 1.71. The summed E-state index contributed by atoms with van der Waals surface area (Å²) in [6.07, 6.45) is 0.243. The Balaban J connectivity index is 1.63. The number of benzene rings is 2. The maximum Gasteiger partial charge on any atom is 0.227 e. The largest absolute Gasteiger partial charge is 0.352 e. The summed E-state index contributed by atoms with van der Waals surface area (Å²) in [4.78, 5) is 28.9. The van der Waals surface area contributed by atoms with Crippen molar-refractivity contribution in [1.29, 1.82) is 0 Å². The molecular formula is C21H24BrN3O2. The van der Waals surface area contributed by atoms with Crippen molar-refractivity contribution in [1.82, 2.24) is 10.2 Å². The van der Waals surface area contributed by atoms with Gasteiger partial charge >= 0.3 is 0 Å². The first kappa shape index (κ1) is 19.6. The van der Waals surface area contributed by atoms with Gasteiger partial charge in [0.05, 0.1) is 11.6 Å². The van der Waals surface area contributed by atoms with Gasteiger partial charge in [0.15, 0.2) is 0 Å². The SMILES string of the molecule is CN(C)Cc1ccccc1CNC(=O)[C@H]1CC(=O)N(c2ccccc2Br)C1. The van der Waals surface area contributed by atoms with Crippen LogP contribution in [-0.4, -0.2) is 37.4 Å². The van der Waals surface area contributed by atoms with Crippen LogP contribution >= 0.6 is 15.9 Å². The summed E-state index contributed by atoms with van der Waals surface area (Å²) in [5, 5.41) is 3.01. The third kappa shape index (κ3) is 4.76. The molecule has 2 aromatic rings. The number of para-hydroxylation sites is 1. The molecule has 0 saturated carbocycles. The average Bonchev–Trinajstić information content (AvgIpc) is 3.02. The molecule has 1 heterocycles. The van der Waals surface area contributed by atoms with E-state index in [9.17, 15) is 9.59 Å². The predicted molar refractivity (Wildman–Crippen MR) is 110 cm³/mol. The quantitative estimate of drug-likeness (QED) is 0.766. The number of rotatable bonds is 6. The summed E-state index contributed by atoms with van der Waals surface area (Å²) in [7, 11) is 4.05. The lowest BCUT2D eigenvalue weighted by atomic mass is 10.1. The van der Waals surface area contributed by atoms with Gasteiger partial charge in [-0.05, 0) is 53.3 Å². The van der Waals surface area contributed by atoms with Crippen LogP contribution in [0.15, 0.2) is 53.0 Å². The normalized spacial score (nSPS) is 16.8. The van der Waals surface area contributed by atoms with E-state index < -0.39 is 0 Å². The highest BCUT2D eigenvalue weighted by Gasteiger charge is 2.35. The second-order valence-electron chi connectivity index (χ2n) is 7.08. The van der Waals surface area contributed by atoms with Gasteiger partial charge in [-0.25, -0.2) is 0 Å². The van der Waals surface area contributed by atoms with Gasteiger partial charge in [-0.2, -0.15) is 0 Å². The zero-order valence-corrected chi connectivity index (χ0v) is 17.2. The standard InChI is InChI=1S/C21H24BrN3O2/c1-24(2)13-16-8-4-3-7-15(16)12-23-21(27)17-11-20(26)25(14-17)19-10-6-5-9-18(19)22/h3-10,17H,11-14H2,1-2H3,(H,23,27)/t17-/m0/s1. The van der Waals surface area contributed by atoms with Gasteiger partial charge in [-0.1, -0.05) is 36.4 Å². The molecule has 0 spiro atoms. The molecule has 2 aromatic carbocycles. The number of carbonyl (C=O) groups excluding carboxylic acids is 2. The van der Waals surface area contributed by atoms with Crippen molar-refractivity contribution in [3.05, 3.63) is 64.1 Å². The number of amides is 2. The van der Waals surface area contributed by atoms with Gasteiger partial charge in [-0.15, -0.1) is 0 Å². The Morgan fingerprint density at radius 3 is 2.52 bits per heavy atom. The lowest BCUT2D eigenvalue weighted by molar-refractivity contribution is -0.126. The molecule has 2 amide bonds. The van der Waals surface area contributed by atoms with E-state index in [0.29, 0.717) is 13.1 Å². The van der Waals surface area contributed by atoms with E-state index in [-0.39, 0.29) is 24.2 Å². The Kier molecular flexibility index (Phi) is 6.29. The van der Waals surface area contributed by atoms with Crippen LogP contribution < -0.4 is 10.2 Å². The van der Waals surface area contributed by atoms with E-state index in [4.69, 9.17) is 0 Å². The predicted octanol–water partition coefficient (Wildman–Crippen LogP) is 3.18. The number of carbonyl (C=O) groups is 2. The minimum atomic E-state index is -0.328. The number of nitrogens with one attached hydrogen (secondary N) is 1. The van der Waals surface area contributed by atoms with Crippen molar-refractivity contribution in [2.45, 2.75) is 19.5 Å². The summed E-state index contributed by atoms with van der Waals surface area (Å²) in [5.41, 5.74) is 3.11. The Morgan fingerprint density at radius 2 is 1.81 bits per heavy atom. The van der Waals surface area contributed by atoms with Crippen molar-refractivity contribution in [3.63, 3.8) is 0 Å². The molecule has 142 valence electrons. The molecular weight excluding hydrogens is 406 g/mol. The molecule has 1 atom stereocenters. The van der Waals surface area contributed by atoms with Gasteiger partial charge in [-0.3, -0.25) is 9.59 Å². The molecule has 3 rings (SSSR count). The monoisotopic (exact) mass is 429 g/mol. The zero-order chi connectivity index (χ0) is 19.4. The summed E-state index contributed by atoms with van der Waals surface area (Å²) >= 11 is 3.48. The van der Waals surface area contributed by atoms with Crippen LogP contribution in [0.3, 0.4) is 0 Å². The highest BCUT2D eigenvalue weighted by Crippen LogP contribution is 2.31. The van der Waals surface area contributed by atoms with E-state index in [1.165, 1.54) is 5.56 Å². The molecule has 0 aromatic heterocycles. The Bertz CT molecular complexity index is 838. The molecule has 1 saturated heterocycles. The minimum absolute atomic E-state index is 0.0185. The molecule has 27 heavy (non-hydrogen) atoms. The van der Waals surface area contributed by atoms with Gasteiger partial charge in [0, 0.05) is 30.5 Å². The number of anilines is 1. The fraction of sp³-hybridized carbons (Fsp3) is 0.333. The van der Waals surface area contributed by atoms with Crippen LogP contribution in [0.5, 0.6) is 0 Å². The number of halogens is 1. The van der Waals surface area contributed by atoms with Crippen LogP contribution in [0.1, 0.15) is 17.5 Å². The van der Waals surface area contributed by atoms with Crippen LogP contribution in [0, 0.1) is 5.92 Å². The molecule has 1 aliphatic heterocycles. The molecule has 1 N–H and O–H groups in total. The number of hydrogen-bond acceptors (Lipinski definition) is 3. The smallest absolute Gasteiger partial charge is 0.227 e. The van der Waals surface area contributed by atoms with Gasteiger partial charge in [0.25, 0.3) is 0 Å². The highest BCUT2D eigenvalue weighted by molar-refractivity contribution is 9.10.